The van der Waals surface area contributed by atoms with Gasteiger partial charge in [-0.2, -0.15) is 0 Å². The number of carbonyl (C=O) groups is 3. The average molecular weight is 682 g/mol. The summed E-state index contributed by atoms with van der Waals surface area (Å²) < 4.78 is 23.0. The molecule has 1 saturated heterocycles. The van der Waals surface area contributed by atoms with Crippen LogP contribution in [0.3, 0.4) is 0 Å². The molecule has 0 radical (unpaired) electrons. The van der Waals surface area contributed by atoms with Crippen molar-refractivity contribution in [3.8, 4) is 0 Å². The topological polar surface area (TPSA) is 150 Å². The SMILES string of the molecule is COCCOCCNC(=O)CCCCCCCCC1OB(C(CC(C)C)NC(=O)C(Cc2ccccc2)NC(=O)c2cnccn2)OC1C. The van der Waals surface area contributed by atoms with Crippen LogP contribution >= 0.6 is 0 Å². The molecule has 3 N–H and O–H groups in total. The third-order valence-corrected chi connectivity index (χ3v) is 8.41. The molecule has 0 saturated carbocycles. The number of unbranched alkanes of at least 4 members (excludes halogenated alkanes) is 5. The van der Waals surface area contributed by atoms with Gasteiger partial charge in [-0.1, -0.05) is 76.3 Å². The number of nitrogens with one attached hydrogen (secondary N) is 3. The number of aromatic nitrogens is 2. The summed E-state index contributed by atoms with van der Waals surface area (Å²) in [6.45, 7) is 8.33. The van der Waals surface area contributed by atoms with E-state index in [1.807, 2.05) is 37.3 Å². The van der Waals surface area contributed by atoms with E-state index >= 15 is 0 Å². The number of hydrogen-bond acceptors (Lipinski definition) is 9. The average Bonchev–Trinajstić information content (AvgIpc) is 3.47. The zero-order valence-electron chi connectivity index (χ0n) is 29.7. The van der Waals surface area contributed by atoms with Gasteiger partial charge in [0.15, 0.2) is 0 Å². The van der Waals surface area contributed by atoms with Crippen molar-refractivity contribution in [3.63, 3.8) is 0 Å². The first kappa shape index (κ1) is 40.0. The van der Waals surface area contributed by atoms with Crippen LogP contribution in [0.15, 0.2) is 48.9 Å². The van der Waals surface area contributed by atoms with Gasteiger partial charge >= 0.3 is 7.12 Å². The third kappa shape index (κ3) is 15.8. The summed E-state index contributed by atoms with van der Waals surface area (Å²) >= 11 is 0. The van der Waals surface area contributed by atoms with Crippen LogP contribution in [-0.4, -0.2) is 92.5 Å². The van der Waals surface area contributed by atoms with Crippen LogP contribution in [0.25, 0.3) is 0 Å². The van der Waals surface area contributed by atoms with Crippen molar-refractivity contribution in [2.75, 3.05) is 33.5 Å². The summed E-state index contributed by atoms with van der Waals surface area (Å²) in [5.41, 5.74) is 1.07. The van der Waals surface area contributed by atoms with Crippen LogP contribution in [0.5, 0.6) is 0 Å². The summed E-state index contributed by atoms with van der Waals surface area (Å²) in [7, 11) is 1.05. The van der Waals surface area contributed by atoms with Gasteiger partial charge in [0.1, 0.15) is 11.7 Å². The molecular formula is C36H56BN5O7. The van der Waals surface area contributed by atoms with Gasteiger partial charge in [-0.3, -0.25) is 19.4 Å². The van der Waals surface area contributed by atoms with Crippen molar-refractivity contribution in [2.24, 2.45) is 5.92 Å². The molecule has 12 nitrogen and oxygen atoms in total. The molecule has 1 aliphatic rings. The Hall–Kier alpha value is -3.39. The van der Waals surface area contributed by atoms with Gasteiger partial charge in [0.2, 0.25) is 11.8 Å². The number of carbonyl (C=O) groups excluding carboxylic acids is 3. The van der Waals surface area contributed by atoms with Gasteiger partial charge in [-0.05, 0) is 37.7 Å². The second kappa shape index (κ2) is 23.1. The molecule has 2 aromatic rings. The molecular weight excluding hydrogens is 625 g/mol. The largest absolute Gasteiger partial charge is 0.481 e. The Labute approximate surface area is 292 Å². The number of amides is 3. The lowest BCUT2D eigenvalue weighted by Gasteiger charge is -2.26. The lowest BCUT2D eigenvalue weighted by atomic mass is 9.74. The summed E-state index contributed by atoms with van der Waals surface area (Å²) in [5.74, 6) is -0.804. The Kier molecular flexibility index (Phi) is 18.9. The highest BCUT2D eigenvalue weighted by atomic mass is 16.7. The number of benzene rings is 1. The van der Waals surface area contributed by atoms with Crippen molar-refractivity contribution in [1.29, 1.82) is 0 Å². The number of nitrogens with zero attached hydrogens (tertiary/aromatic N) is 2. The smallest absolute Gasteiger partial charge is 0.405 e. The minimum absolute atomic E-state index is 0.0600. The van der Waals surface area contributed by atoms with E-state index in [-0.39, 0.29) is 41.6 Å². The zero-order valence-corrected chi connectivity index (χ0v) is 29.7. The van der Waals surface area contributed by atoms with Crippen LogP contribution in [0.2, 0.25) is 0 Å². The van der Waals surface area contributed by atoms with E-state index in [1.165, 1.54) is 18.6 Å². The van der Waals surface area contributed by atoms with Crippen LogP contribution in [-0.2, 0) is 34.8 Å². The fourth-order valence-electron chi connectivity index (χ4n) is 5.78. The fourth-order valence-corrected chi connectivity index (χ4v) is 5.78. The lowest BCUT2D eigenvalue weighted by Crippen LogP contribution is -2.55. The number of methoxy groups -OCH3 is 1. The summed E-state index contributed by atoms with van der Waals surface area (Å²) in [4.78, 5) is 46.8. The van der Waals surface area contributed by atoms with E-state index in [0.717, 1.165) is 50.5 Å². The highest BCUT2D eigenvalue weighted by Crippen LogP contribution is 2.25. The Morgan fingerprint density at radius 1 is 0.939 bits per heavy atom. The second-order valence-corrected chi connectivity index (χ2v) is 13.1. The van der Waals surface area contributed by atoms with Crippen LogP contribution in [0, 0.1) is 5.92 Å². The van der Waals surface area contributed by atoms with E-state index in [9.17, 15) is 14.4 Å². The van der Waals surface area contributed by atoms with Crippen molar-refractivity contribution in [3.05, 3.63) is 60.2 Å². The minimum atomic E-state index is -0.832. The highest BCUT2D eigenvalue weighted by molar-refractivity contribution is 6.47. The number of rotatable bonds is 24. The standard InChI is InChI=1S/C36H56BN5O7/c1-27(2)24-33(42-35(44)30(25-29-14-10-9-11-15-29)41-36(45)31-26-38-18-19-39-31)37-48-28(3)32(49-37)16-12-7-5-6-8-13-17-34(43)40-20-21-47-23-22-46-4/h9-11,14-15,18-19,26-28,30,32-33H,5-8,12-13,16-17,20-25H2,1-4H3,(H,40,43)(H,41,45)(H,42,44). The molecule has 2 heterocycles. The van der Waals surface area contributed by atoms with E-state index in [4.69, 9.17) is 18.8 Å². The summed E-state index contributed by atoms with van der Waals surface area (Å²) in [6.07, 6.45) is 12.8. The molecule has 0 spiro atoms. The molecule has 0 bridgehead atoms. The van der Waals surface area contributed by atoms with Crippen LogP contribution < -0.4 is 16.0 Å². The van der Waals surface area contributed by atoms with Gasteiger partial charge in [0.05, 0.1) is 44.2 Å². The third-order valence-electron chi connectivity index (χ3n) is 8.41. The van der Waals surface area contributed by atoms with Gasteiger partial charge in [-0.25, -0.2) is 4.98 Å². The molecule has 3 rings (SSSR count). The Morgan fingerprint density at radius 3 is 2.41 bits per heavy atom. The maximum absolute atomic E-state index is 13.8. The Balaban J connectivity index is 1.42. The molecule has 3 amide bonds. The normalized spacial score (nSPS) is 17.1. The highest BCUT2D eigenvalue weighted by Gasteiger charge is 2.43. The zero-order chi connectivity index (χ0) is 35.3. The van der Waals surface area contributed by atoms with Crippen molar-refractivity contribution in [2.45, 2.75) is 109 Å². The second-order valence-electron chi connectivity index (χ2n) is 13.1. The first-order valence-corrected chi connectivity index (χ1v) is 17.8. The fraction of sp³-hybridized carbons (Fsp3) is 0.639. The van der Waals surface area contributed by atoms with Gasteiger partial charge in [-0.15, -0.1) is 0 Å². The number of hydrogen-bond donors (Lipinski definition) is 3. The monoisotopic (exact) mass is 681 g/mol. The predicted octanol–water partition coefficient (Wildman–Crippen LogP) is 4.08. The predicted molar refractivity (Wildman–Crippen MR) is 189 cm³/mol. The molecule has 4 atom stereocenters. The first-order valence-electron chi connectivity index (χ1n) is 17.8. The van der Waals surface area contributed by atoms with Crippen molar-refractivity contribution < 1.29 is 33.2 Å². The van der Waals surface area contributed by atoms with Crippen LogP contribution in [0.4, 0.5) is 0 Å². The van der Waals surface area contributed by atoms with Gasteiger partial charge in [0, 0.05) is 38.9 Å². The maximum atomic E-state index is 13.8. The van der Waals surface area contributed by atoms with Crippen LogP contribution in [0.1, 0.15) is 94.6 Å². The summed E-state index contributed by atoms with van der Waals surface area (Å²) in [6, 6.07) is 8.76. The number of ether oxygens (including phenoxy) is 2. The Morgan fingerprint density at radius 2 is 1.69 bits per heavy atom. The first-order chi connectivity index (χ1) is 23.8. The maximum Gasteiger partial charge on any atom is 0.481 e. The molecule has 1 aromatic heterocycles. The van der Waals surface area contributed by atoms with Gasteiger partial charge < -0.3 is 34.7 Å². The molecule has 270 valence electrons. The molecule has 13 heteroatoms. The lowest BCUT2D eigenvalue weighted by molar-refractivity contribution is -0.123. The summed E-state index contributed by atoms with van der Waals surface area (Å²) in [5, 5.41) is 8.91. The molecule has 1 aliphatic heterocycles. The Bertz CT molecular complexity index is 1230. The molecule has 49 heavy (non-hydrogen) atoms. The van der Waals surface area contributed by atoms with E-state index in [1.54, 1.807) is 7.11 Å². The molecule has 4 unspecified atom stereocenters. The van der Waals surface area contributed by atoms with Crippen molar-refractivity contribution in [1.82, 2.24) is 25.9 Å². The van der Waals surface area contributed by atoms with Crippen molar-refractivity contribution >= 4 is 24.8 Å². The quantitative estimate of drug-likeness (QED) is 0.110. The minimum Gasteiger partial charge on any atom is -0.405 e. The van der Waals surface area contributed by atoms with E-state index < -0.39 is 19.1 Å². The van der Waals surface area contributed by atoms with Gasteiger partial charge in [0.25, 0.3) is 5.91 Å². The van der Waals surface area contributed by atoms with E-state index in [0.29, 0.717) is 45.6 Å². The molecule has 1 fully saturated rings. The van der Waals surface area contributed by atoms with E-state index in [2.05, 4.69) is 39.8 Å². The molecule has 0 aliphatic carbocycles. The molecule has 1 aromatic carbocycles.